The third kappa shape index (κ3) is 4.19. The summed E-state index contributed by atoms with van der Waals surface area (Å²) in [6, 6.07) is 1.67. The van der Waals surface area contributed by atoms with E-state index in [0.29, 0.717) is 28.1 Å². The quantitative estimate of drug-likeness (QED) is 0.423. The molecule has 0 radical (unpaired) electrons. The molecule has 0 unspecified atom stereocenters. The zero-order chi connectivity index (χ0) is 20.0. The topological polar surface area (TPSA) is 74.1 Å². The average Bonchev–Trinajstić information content (AvgIpc) is 3.00. The highest BCUT2D eigenvalue weighted by Crippen LogP contribution is 2.43. The van der Waals surface area contributed by atoms with E-state index in [1.165, 1.54) is 0 Å². The van der Waals surface area contributed by atoms with Crippen molar-refractivity contribution in [2.75, 3.05) is 0 Å². The van der Waals surface area contributed by atoms with Crippen molar-refractivity contribution in [3.8, 4) is 22.9 Å². The van der Waals surface area contributed by atoms with E-state index in [0.717, 1.165) is 17.7 Å². The normalized spacial score (nSPS) is 11.1. The van der Waals surface area contributed by atoms with Crippen LogP contribution in [0.1, 0.15) is 46.6 Å². The highest BCUT2D eigenvalue weighted by molar-refractivity contribution is 7.71. The van der Waals surface area contributed by atoms with Gasteiger partial charge >= 0.3 is 0 Å². The number of aromatic amines is 1. The molecule has 0 saturated heterocycles. The van der Waals surface area contributed by atoms with Gasteiger partial charge in [0, 0.05) is 5.70 Å². The Hall–Kier alpha value is -2.05. The lowest BCUT2D eigenvalue weighted by atomic mass is 10.0. The van der Waals surface area contributed by atoms with Crippen LogP contribution in [0.2, 0.25) is 5.02 Å². The number of aromatic nitrogens is 3. The molecule has 0 amide bonds. The summed E-state index contributed by atoms with van der Waals surface area (Å²) in [5.74, 6) is 0.0568. The minimum Gasteiger partial charge on any atom is -0.506 e. The van der Waals surface area contributed by atoms with Crippen LogP contribution in [-0.2, 0) is 6.42 Å². The van der Waals surface area contributed by atoms with Crippen LogP contribution in [0.4, 0.5) is 0 Å². The third-order valence-corrected chi connectivity index (χ3v) is 4.30. The third-order valence-electron chi connectivity index (χ3n) is 3.66. The molecule has 2 aromatic rings. The molecule has 0 fully saturated rings. The number of hydrogen-bond acceptors (Lipinski definition) is 4. The van der Waals surface area contributed by atoms with Crippen molar-refractivity contribution in [2.24, 2.45) is 0 Å². The van der Waals surface area contributed by atoms with Crippen molar-refractivity contribution < 1.29 is 10.2 Å². The maximum Gasteiger partial charge on any atom is 0.200 e. The summed E-state index contributed by atoms with van der Waals surface area (Å²) in [5.41, 5.74) is 2.62. The molecular weight excluding hydrogens is 370 g/mol. The van der Waals surface area contributed by atoms with Crippen LogP contribution in [0, 0.1) is 4.77 Å². The van der Waals surface area contributed by atoms with Crippen molar-refractivity contribution in [2.45, 2.75) is 47.5 Å². The van der Waals surface area contributed by atoms with E-state index in [1.807, 2.05) is 40.7 Å². The highest BCUT2D eigenvalue weighted by Gasteiger charge is 2.21. The number of aryl methyl sites for hydroxylation is 1. The molecule has 0 spiro atoms. The molecule has 7 heteroatoms. The summed E-state index contributed by atoms with van der Waals surface area (Å²) < 4.78 is 2.09. The number of hydrogen-bond donors (Lipinski definition) is 3. The zero-order valence-corrected chi connectivity index (χ0v) is 17.4. The molecule has 0 aliphatic heterocycles. The number of benzene rings is 1. The number of allylic oxidation sites excluding steroid dienone is 3. The number of phenolic OH excluding ortho intramolecular Hbond substituents is 2. The first-order valence-corrected chi connectivity index (χ1v) is 9.39. The van der Waals surface area contributed by atoms with Gasteiger partial charge in [-0.25, -0.2) is 0 Å². The standard InChI is InChI=1S/C17H20ClN3O2S.C2H6/c1-5-7-12(9(3)4)21-16(19-20-17(21)24)11-8-10(6-2)14(22)13(18)15(11)23;1-2/h7-8,22-23H,3,5-6H2,1-2,4H3,(H,20,24);1-2H3/b12-7+;. The summed E-state index contributed by atoms with van der Waals surface area (Å²) in [5, 5.41) is 27.3. The van der Waals surface area contributed by atoms with Gasteiger partial charge in [0.25, 0.3) is 0 Å². The molecule has 0 saturated carbocycles. The van der Waals surface area contributed by atoms with E-state index in [4.69, 9.17) is 23.8 Å². The minimum atomic E-state index is -0.237. The lowest BCUT2D eigenvalue weighted by molar-refractivity contribution is 0.448. The number of H-pyrrole nitrogens is 1. The summed E-state index contributed by atoms with van der Waals surface area (Å²) in [4.78, 5) is 0. The first-order valence-electron chi connectivity index (χ1n) is 8.60. The number of phenols is 2. The van der Waals surface area contributed by atoms with Crippen LogP contribution in [0.25, 0.3) is 17.1 Å². The number of halogens is 1. The Bertz CT molecular complexity index is 882. The van der Waals surface area contributed by atoms with Gasteiger partial charge in [-0.15, -0.1) is 0 Å². The molecule has 0 aliphatic rings. The second kappa shape index (κ2) is 9.59. The largest absolute Gasteiger partial charge is 0.506 e. The van der Waals surface area contributed by atoms with Gasteiger partial charge in [0.1, 0.15) is 16.5 Å². The van der Waals surface area contributed by atoms with Crippen LogP contribution >= 0.6 is 23.8 Å². The van der Waals surface area contributed by atoms with Crippen molar-refractivity contribution in [1.29, 1.82) is 0 Å². The van der Waals surface area contributed by atoms with Gasteiger partial charge < -0.3 is 10.2 Å². The molecule has 1 aromatic heterocycles. The fourth-order valence-electron chi connectivity index (χ4n) is 2.47. The second-order valence-electron chi connectivity index (χ2n) is 5.41. The van der Waals surface area contributed by atoms with Gasteiger partial charge in [-0.2, -0.15) is 5.10 Å². The van der Waals surface area contributed by atoms with Crippen molar-refractivity contribution in [3.05, 3.63) is 39.7 Å². The van der Waals surface area contributed by atoms with Gasteiger partial charge in [-0.1, -0.05) is 52.0 Å². The first-order chi connectivity index (χ1) is 12.3. The Morgan fingerprint density at radius 2 is 1.96 bits per heavy atom. The van der Waals surface area contributed by atoms with Crippen LogP contribution in [0.5, 0.6) is 11.5 Å². The van der Waals surface area contributed by atoms with Crippen LogP contribution in [-0.4, -0.2) is 25.0 Å². The Labute approximate surface area is 164 Å². The Morgan fingerprint density at radius 3 is 2.46 bits per heavy atom. The van der Waals surface area contributed by atoms with Crippen molar-refractivity contribution in [3.63, 3.8) is 0 Å². The summed E-state index contributed by atoms with van der Waals surface area (Å²) >= 11 is 11.4. The van der Waals surface area contributed by atoms with E-state index < -0.39 is 0 Å². The molecule has 2 rings (SSSR count). The van der Waals surface area contributed by atoms with Gasteiger partial charge in [0.15, 0.2) is 10.6 Å². The molecule has 142 valence electrons. The number of rotatable bonds is 5. The number of aromatic hydroxyl groups is 2. The summed E-state index contributed by atoms with van der Waals surface area (Å²) in [7, 11) is 0. The Morgan fingerprint density at radius 1 is 1.35 bits per heavy atom. The summed E-state index contributed by atoms with van der Waals surface area (Å²) in [6.45, 7) is 13.8. The Balaban J connectivity index is 0.00000163. The Kier molecular flexibility index (Phi) is 8.11. The molecule has 0 aliphatic carbocycles. The van der Waals surface area contributed by atoms with Gasteiger partial charge in [0.2, 0.25) is 0 Å². The minimum absolute atomic E-state index is 0.0961. The molecular formula is C19H26ClN3O2S. The first kappa shape index (κ1) is 22.0. The molecule has 1 heterocycles. The molecule has 0 bridgehead atoms. The van der Waals surface area contributed by atoms with E-state index >= 15 is 0 Å². The maximum absolute atomic E-state index is 10.4. The van der Waals surface area contributed by atoms with Crippen LogP contribution in [0.3, 0.4) is 0 Å². The van der Waals surface area contributed by atoms with E-state index in [2.05, 4.69) is 16.8 Å². The molecule has 26 heavy (non-hydrogen) atoms. The van der Waals surface area contributed by atoms with E-state index in [9.17, 15) is 10.2 Å². The highest BCUT2D eigenvalue weighted by atomic mass is 35.5. The van der Waals surface area contributed by atoms with E-state index in [-0.39, 0.29) is 16.5 Å². The molecule has 1 aromatic carbocycles. The lowest BCUT2D eigenvalue weighted by Crippen LogP contribution is -2.02. The van der Waals surface area contributed by atoms with Crippen molar-refractivity contribution in [1.82, 2.24) is 14.8 Å². The van der Waals surface area contributed by atoms with Gasteiger partial charge in [-0.3, -0.25) is 9.67 Å². The molecule has 5 nitrogen and oxygen atoms in total. The summed E-state index contributed by atoms with van der Waals surface area (Å²) in [6.07, 6.45) is 3.33. The smallest absolute Gasteiger partial charge is 0.200 e. The fraction of sp³-hybridized carbons (Fsp3) is 0.368. The SMILES string of the molecule is C=C(C)/C(=C\CC)n1c(-c2cc(CC)c(O)c(Cl)c2O)n[nH]c1=S.CC. The van der Waals surface area contributed by atoms with E-state index in [1.54, 1.807) is 10.6 Å². The lowest BCUT2D eigenvalue weighted by Gasteiger charge is -2.14. The average molecular weight is 396 g/mol. The maximum atomic E-state index is 10.4. The molecule has 3 N–H and O–H groups in total. The predicted octanol–water partition coefficient (Wildman–Crippen LogP) is 6.09. The van der Waals surface area contributed by atoms with Gasteiger partial charge in [-0.05, 0) is 49.2 Å². The van der Waals surface area contributed by atoms with Crippen LogP contribution < -0.4 is 0 Å². The van der Waals surface area contributed by atoms with Crippen molar-refractivity contribution >= 4 is 29.5 Å². The molecule has 0 atom stereocenters. The monoisotopic (exact) mass is 395 g/mol. The number of nitrogens with zero attached hydrogens (tertiary/aromatic N) is 2. The zero-order valence-electron chi connectivity index (χ0n) is 15.9. The predicted molar refractivity (Wildman–Crippen MR) is 111 cm³/mol. The number of nitrogens with one attached hydrogen (secondary N) is 1. The van der Waals surface area contributed by atoms with Gasteiger partial charge in [0.05, 0.1) is 5.56 Å². The second-order valence-corrected chi connectivity index (χ2v) is 6.18. The fourth-order valence-corrected chi connectivity index (χ4v) is 2.93. The van der Waals surface area contributed by atoms with Crippen LogP contribution in [0.15, 0.2) is 24.3 Å².